The van der Waals surface area contributed by atoms with E-state index in [1.807, 2.05) is 26.0 Å². The van der Waals surface area contributed by atoms with E-state index in [2.05, 4.69) is 5.32 Å². The van der Waals surface area contributed by atoms with E-state index in [1.165, 1.54) is 0 Å². The van der Waals surface area contributed by atoms with Gasteiger partial charge in [0, 0.05) is 12.1 Å². The van der Waals surface area contributed by atoms with Crippen molar-refractivity contribution in [1.29, 1.82) is 0 Å². The molecule has 0 saturated carbocycles. The van der Waals surface area contributed by atoms with E-state index in [0.717, 1.165) is 29.3 Å². The zero-order chi connectivity index (χ0) is 20.0. The molecule has 9 heteroatoms. The zero-order valence-electron chi connectivity index (χ0n) is 14.7. The SMILES string of the molecule is Cc1ccc(C)c(OCC(=O)OCC(=O)Nc2cc([N+](=O)[O-])ccc2F)c1. The second-order valence-electron chi connectivity index (χ2n) is 5.69. The van der Waals surface area contributed by atoms with Crippen molar-refractivity contribution in [1.82, 2.24) is 0 Å². The Labute approximate surface area is 154 Å². The van der Waals surface area contributed by atoms with E-state index in [4.69, 9.17) is 9.47 Å². The highest BCUT2D eigenvalue weighted by atomic mass is 19.1. The van der Waals surface area contributed by atoms with Gasteiger partial charge in [0.05, 0.1) is 10.6 Å². The van der Waals surface area contributed by atoms with Crippen LogP contribution in [0.2, 0.25) is 0 Å². The maximum absolute atomic E-state index is 13.6. The fourth-order valence-electron chi connectivity index (χ4n) is 2.10. The molecule has 2 rings (SSSR count). The van der Waals surface area contributed by atoms with Crippen molar-refractivity contribution in [2.75, 3.05) is 18.5 Å². The second-order valence-corrected chi connectivity index (χ2v) is 5.69. The van der Waals surface area contributed by atoms with Crippen molar-refractivity contribution in [3.63, 3.8) is 0 Å². The average Bonchev–Trinajstić information content (AvgIpc) is 2.62. The molecule has 0 unspecified atom stereocenters. The van der Waals surface area contributed by atoms with Gasteiger partial charge in [0.1, 0.15) is 11.6 Å². The second kappa shape index (κ2) is 8.75. The van der Waals surface area contributed by atoms with Gasteiger partial charge in [-0.25, -0.2) is 9.18 Å². The van der Waals surface area contributed by atoms with Crippen LogP contribution in [-0.2, 0) is 14.3 Å². The highest BCUT2D eigenvalue weighted by molar-refractivity contribution is 5.93. The lowest BCUT2D eigenvalue weighted by Gasteiger charge is -2.10. The third-order valence-electron chi connectivity index (χ3n) is 3.49. The summed E-state index contributed by atoms with van der Waals surface area (Å²) in [5.41, 5.74) is 1.04. The lowest BCUT2D eigenvalue weighted by atomic mass is 10.1. The summed E-state index contributed by atoms with van der Waals surface area (Å²) in [5.74, 6) is -1.95. The number of carbonyl (C=O) groups excluding carboxylic acids is 2. The topological polar surface area (TPSA) is 108 Å². The molecule has 1 amide bonds. The van der Waals surface area contributed by atoms with Crippen LogP contribution in [0.25, 0.3) is 0 Å². The quantitative estimate of drug-likeness (QED) is 0.452. The van der Waals surface area contributed by atoms with Crippen molar-refractivity contribution < 1.29 is 28.4 Å². The van der Waals surface area contributed by atoms with Crippen LogP contribution in [0.5, 0.6) is 5.75 Å². The minimum Gasteiger partial charge on any atom is -0.482 e. The van der Waals surface area contributed by atoms with Gasteiger partial charge in [-0.1, -0.05) is 12.1 Å². The van der Waals surface area contributed by atoms with Gasteiger partial charge in [-0.2, -0.15) is 0 Å². The van der Waals surface area contributed by atoms with Gasteiger partial charge in [0.25, 0.3) is 11.6 Å². The fourth-order valence-corrected chi connectivity index (χ4v) is 2.10. The van der Waals surface area contributed by atoms with Gasteiger partial charge in [0.15, 0.2) is 13.2 Å². The van der Waals surface area contributed by atoms with Crippen molar-refractivity contribution in [3.05, 3.63) is 63.5 Å². The molecule has 0 fully saturated rings. The van der Waals surface area contributed by atoms with Crippen LogP contribution in [0.4, 0.5) is 15.8 Å². The first-order valence-electron chi connectivity index (χ1n) is 7.85. The monoisotopic (exact) mass is 376 g/mol. The number of hydrogen-bond donors (Lipinski definition) is 1. The normalized spacial score (nSPS) is 10.2. The Balaban J connectivity index is 1.85. The number of anilines is 1. The molecule has 0 aliphatic heterocycles. The van der Waals surface area contributed by atoms with E-state index in [1.54, 1.807) is 6.07 Å². The molecule has 1 N–H and O–H groups in total. The molecule has 0 aromatic heterocycles. The van der Waals surface area contributed by atoms with E-state index in [-0.39, 0.29) is 11.4 Å². The maximum atomic E-state index is 13.6. The minimum atomic E-state index is -0.849. The highest BCUT2D eigenvalue weighted by Gasteiger charge is 2.15. The third-order valence-corrected chi connectivity index (χ3v) is 3.49. The number of nitro benzene ring substituents is 1. The van der Waals surface area contributed by atoms with Gasteiger partial charge in [0.2, 0.25) is 0 Å². The fraction of sp³-hybridized carbons (Fsp3) is 0.222. The number of non-ortho nitro benzene ring substituents is 1. The predicted molar refractivity (Wildman–Crippen MR) is 94.1 cm³/mol. The van der Waals surface area contributed by atoms with Crippen LogP contribution >= 0.6 is 0 Å². The number of ether oxygens (including phenoxy) is 2. The number of nitro groups is 1. The van der Waals surface area contributed by atoms with Crippen molar-refractivity contribution >= 4 is 23.3 Å². The number of benzene rings is 2. The van der Waals surface area contributed by atoms with E-state index >= 15 is 0 Å². The van der Waals surface area contributed by atoms with Gasteiger partial charge in [-0.3, -0.25) is 14.9 Å². The molecule has 0 heterocycles. The van der Waals surface area contributed by atoms with Gasteiger partial charge in [-0.15, -0.1) is 0 Å². The molecule has 0 aliphatic carbocycles. The number of nitrogens with zero attached hydrogens (tertiary/aromatic N) is 1. The Morgan fingerprint density at radius 1 is 1.15 bits per heavy atom. The lowest BCUT2D eigenvalue weighted by Crippen LogP contribution is -2.24. The van der Waals surface area contributed by atoms with Crippen LogP contribution in [0.3, 0.4) is 0 Å². The first-order valence-corrected chi connectivity index (χ1v) is 7.85. The number of carbonyl (C=O) groups is 2. The van der Waals surface area contributed by atoms with Gasteiger partial charge in [-0.05, 0) is 37.1 Å². The Kier molecular flexibility index (Phi) is 6.42. The van der Waals surface area contributed by atoms with Crippen LogP contribution in [0, 0.1) is 29.8 Å². The summed E-state index contributed by atoms with van der Waals surface area (Å²) in [6.07, 6.45) is 0. The molecule has 0 spiro atoms. The molecule has 2 aromatic rings. The Morgan fingerprint density at radius 2 is 1.89 bits per heavy atom. The van der Waals surface area contributed by atoms with Crippen LogP contribution in [0.1, 0.15) is 11.1 Å². The summed E-state index contributed by atoms with van der Waals surface area (Å²) >= 11 is 0. The number of rotatable bonds is 7. The third kappa shape index (κ3) is 5.77. The molecular weight excluding hydrogens is 359 g/mol. The molecule has 2 aromatic carbocycles. The smallest absolute Gasteiger partial charge is 0.344 e. The first-order chi connectivity index (χ1) is 12.8. The summed E-state index contributed by atoms with van der Waals surface area (Å²) < 4.78 is 23.7. The van der Waals surface area contributed by atoms with Gasteiger partial charge >= 0.3 is 5.97 Å². The summed E-state index contributed by atoms with van der Waals surface area (Å²) in [6, 6.07) is 8.21. The Morgan fingerprint density at radius 3 is 2.59 bits per heavy atom. The molecule has 0 bridgehead atoms. The van der Waals surface area contributed by atoms with E-state index in [9.17, 15) is 24.1 Å². The van der Waals surface area contributed by atoms with Gasteiger partial charge < -0.3 is 14.8 Å². The zero-order valence-corrected chi connectivity index (χ0v) is 14.7. The number of nitrogens with one attached hydrogen (secondary N) is 1. The molecule has 8 nitrogen and oxygen atoms in total. The number of hydrogen-bond acceptors (Lipinski definition) is 6. The lowest BCUT2D eigenvalue weighted by molar-refractivity contribution is -0.384. The molecule has 0 radical (unpaired) electrons. The summed E-state index contributed by atoms with van der Waals surface area (Å²) in [5, 5.41) is 12.8. The summed E-state index contributed by atoms with van der Waals surface area (Å²) in [7, 11) is 0. The molecule has 0 aliphatic rings. The largest absolute Gasteiger partial charge is 0.482 e. The molecule has 27 heavy (non-hydrogen) atoms. The number of aryl methyl sites for hydroxylation is 2. The van der Waals surface area contributed by atoms with Crippen molar-refractivity contribution in [2.45, 2.75) is 13.8 Å². The number of halogens is 1. The average molecular weight is 376 g/mol. The molecule has 142 valence electrons. The van der Waals surface area contributed by atoms with Crippen LogP contribution in [-0.4, -0.2) is 30.0 Å². The Hall–Kier alpha value is -3.49. The minimum absolute atomic E-state index is 0.378. The Bertz CT molecular complexity index is 884. The number of esters is 1. The first kappa shape index (κ1) is 19.8. The summed E-state index contributed by atoms with van der Waals surface area (Å²) in [6.45, 7) is 2.61. The maximum Gasteiger partial charge on any atom is 0.344 e. The standard InChI is InChI=1S/C18H17FN2O6/c1-11-3-4-12(2)16(7-11)26-10-18(23)27-9-17(22)20-15-8-13(21(24)25)5-6-14(15)19/h3-8H,9-10H2,1-2H3,(H,20,22). The van der Waals surface area contributed by atoms with Crippen molar-refractivity contribution in [2.24, 2.45) is 0 Å². The van der Waals surface area contributed by atoms with E-state index in [0.29, 0.717) is 5.75 Å². The molecular formula is C18H17FN2O6. The van der Waals surface area contributed by atoms with Crippen LogP contribution in [0.15, 0.2) is 36.4 Å². The predicted octanol–water partition coefficient (Wildman–Crippen LogP) is 2.91. The van der Waals surface area contributed by atoms with Crippen molar-refractivity contribution in [3.8, 4) is 5.75 Å². The molecule has 0 saturated heterocycles. The van der Waals surface area contributed by atoms with Crippen LogP contribution < -0.4 is 10.1 Å². The van der Waals surface area contributed by atoms with E-state index < -0.39 is 35.8 Å². The highest BCUT2D eigenvalue weighted by Crippen LogP contribution is 2.21. The molecule has 0 atom stereocenters. The number of amides is 1. The summed E-state index contributed by atoms with van der Waals surface area (Å²) in [4.78, 5) is 33.4.